The highest BCUT2D eigenvalue weighted by Gasteiger charge is 2.30. The molecule has 3 aromatic rings. The number of rotatable bonds is 6. The molecule has 9 heteroatoms. The molecular formula is C26H28F4N4O. The Kier molecular flexibility index (Phi) is 7.41. The Morgan fingerprint density at radius 1 is 1.09 bits per heavy atom. The summed E-state index contributed by atoms with van der Waals surface area (Å²) in [5, 5.41) is 7.19. The molecule has 4 rings (SSSR count). The van der Waals surface area contributed by atoms with Crippen LogP contribution < -0.4 is 15.4 Å². The minimum absolute atomic E-state index is 0.0603. The van der Waals surface area contributed by atoms with Gasteiger partial charge in [-0.15, -0.1) is 0 Å². The number of nitrogens with zero attached hydrogens (tertiary/aromatic N) is 2. The number of alkyl halides is 3. The highest BCUT2D eigenvalue weighted by atomic mass is 19.4. The molecule has 0 bridgehead atoms. The molecule has 1 aliphatic heterocycles. The molecule has 0 unspecified atom stereocenters. The van der Waals surface area contributed by atoms with Crippen LogP contribution >= 0.6 is 0 Å². The van der Waals surface area contributed by atoms with Gasteiger partial charge < -0.3 is 24.8 Å². The number of benzene rings is 2. The topological polar surface area (TPSA) is 41.5 Å². The molecule has 2 heterocycles. The molecular weight excluding hydrogens is 460 g/mol. The fraction of sp³-hybridized carbons (Fsp3) is 0.385. The summed E-state index contributed by atoms with van der Waals surface area (Å²) in [6.45, 7) is 0.919. The van der Waals surface area contributed by atoms with Crippen molar-refractivity contribution < 1.29 is 22.3 Å². The number of para-hydroxylation sites is 1. The number of aromatic nitrogens is 1. The van der Waals surface area contributed by atoms with E-state index >= 15 is 0 Å². The third-order valence-corrected chi connectivity index (χ3v) is 6.12. The average Bonchev–Trinajstić information content (AvgIpc) is 3.15. The number of ether oxygens (including phenoxy) is 1. The number of piperidine rings is 1. The summed E-state index contributed by atoms with van der Waals surface area (Å²) in [6, 6.07) is 11.8. The number of hydrogen-bond acceptors (Lipinski definition) is 4. The standard InChI is InChI=1S/C26H28F4N4O/c1-33-14-11-18(12-15-33)32-22-8-4-10-24-20(22)16-19(34(24)17-26(28,29)30)6-5-13-31-23-9-3-7-21(27)25(23)35-2/h3-4,7-10,16,18,31-32H,11-15,17H2,1-2H3. The number of hydrogen-bond donors (Lipinski definition) is 2. The lowest BCUT2D eigenvalue weighted by molar-refractivity contribution is -0.140. The molecule has 0 spiro atoms. The van der Waals surface area contributed by atoms with E-state index in [4.69, 9.17) is 4.74 Å². The van der Waals surface area contributed by atoms with Crippen LogP contribution in [0.25, 0.3) is 10.9 Å². The van der Waals surface area contributed by atoms with Crippen molar-refractivity contribution >= 4 is 22.3 Å². The maximum absolute atomic E-state index is 13.9. The number of halogens is 4. The van der Waals surface area contributed by atoms with Crippen molar-refractivity contribution in [1.29, 1.82) is 0 Å². The van der Waals surface area contributed by atoms with E-state index < -0.39 is 18.5 Å². The number of nitrogens with one attached hydrogen (secondary N) is 2. The molecule has 2 N–H and O–H groups in total. The molecule has 1 saturated heterocycles. The Hall–Kier alpha value is -3.38. The highest BCUT2D eigenvalue weighted by molar-refractivity contribution is 5.94. The van der Waals surface area contributed by atoms with Gasteiger partial charge in [0.2, 0.25) is 0 Å². The molecule has 5 nitrogen and oxygen atoms in total. The van der Waals surface area contributed by atoms with Gasteiger partial charge in [-0.1, -0.05) is 18.1 Å². The van der Waals surface area contributed by atoms with Crippen molar-refractivity contribution in [3.05, 3.63) is 54.0 Å². The quantitative estimate of drug-likeness (QED) is 0.364. The van der Waals surface area contributed by atoms with Gasteiger partial charge in [0, 0.05) is 17.1 Å². The van der Waals surface area contributed by atoms with E-state index in [1.807, 2.05) is 6.07 Å². The molecule has 0 atom stereocenters. The summed E-state index contributed by atoms with van der Waals surface area (Å²) in [4.78, 5) is 2.26. The zero-order valence-corrected chi connectivity index (χ0v) is 19.7. The maximum atomic E-state index is 13.9. The average molecular weight is 489 g/mol. The largest absolute Gasteiger partial charge is 0.492 e. The normalized spacial score (nSPS) is 15.0. The first kappa shape index (κ1) is 24.7. The van der Waals surface area contributed by atoms with Gasteiger partial charge in [-0.25, -0.2) is 4.39 Å². The fourth-order valence-corrected chi connectivity index (χ4v) is 4.37. The molecule has 1 aromatic heterocycles. The van der Waals surface area contributed by atoms with E-state index in [2.05, 4.69) is 34.4 Å². The summed E-state index contributed by atoms with van der Waals surface area (Å²) in [5.74, 6) is 5.27. The van der Waals surface area contributed by atoms with Crippen LogP contribution in [0.4, 0.5) is 28.9 Å². The van der Waals surface area contributed by atoms with Crippen LogP contribution in [0.3, 0.4) is 0 Å². The zero-order chi connectivity index (χ0) is 25.0. The second-order valence-electron chi connectivity index (χ2n) is 8.67. The van der Waals surface area contributed by atoms with Crippen LogP contribution in [-0.4, -0.2) is 55.5 Å². The Morgan fingerprint density at radius 3 is 2.51 bits per heavy atom. The summed E-state index contributed by atoms with van der Waals surface area (Å²) in [6.07, 6.45) is -2.46. The van der Waals surface area contributed by atoms with E-state index in [0.717, 1.165) is 31.6 Å². The molecule has 1 fully saturated rings. The monoisotopic (exact) mass is 488 g/mol. The minimum atomic E-state index is -4.40. The summed E-state index contributed by atoms with van der Waals surface area (Å²) >= 11 is 0. The summed E-state index contributed by atoms with van der Waals surface area (Å²) < 4.78 is 60.4. The van der Waals surface area contributed by atoms with Gasteiger partial charge in [0.25, 0.3) is 0 Å². The lowest BCUT2D eigenvalue weighted by atomic mass is 10.0. The molecule has 35 heavy (non-hydrogen) atoms. The number of methoxy groups -OCH3 is 1. The van der Waals surface area contributed by atoms with Crippen LogP contribution in [-0.2, 0) is 6.54 Å². The van der Waals surface area contributed by atoms with Crippen molar-refractivity contribution in [1.82, 2.24) is 9.47 Å². The second-order valence-corrected chi connectivity index (χ2v) is 8.67. The third-order valence-electron chi connectivity index (χ3n) is 6.12. The molecule has 0 amide bonds. The van der Waals surface area contributed by atoms with Crippen molar-refractivity contribution in [2.45, 2.75) is 31.6 Å². The second kappa shape index (κ2) is 10.5. The minimum Gasteiger partial charge on any atom is -0.492 e. The molecule has 2 aromatic carbocycles. The Bertz CT molecular complexity index is 1230. The SMILES string of the molecule is COc1c(F)cccc1NCC#Cc1cc2c(NC3CCN(C)CC3)cccc2n1CC(F)(F)F. The lowest BCUT2D eigenvalue weighted by Gasteiger charge is -2.30. The van der Waals surface area contributed by atoms with Crippen LogP contribution in [0.2, 0.25) is 0 Å². The van der Waals surface area contributed by atoms with Gasteiger partial charge in [-0.2, -0.15) is 13.2 Å². The molecule has 0 radical (unpaired) electrons. The van der Waals surface area contributed by atoms with Crippen molar-refractivity contribution in [2.75, 3.05) is 44.4 Å². The van der Waals surface area contributed by atoms with E-state index in [-0.39, 0.29) is 24.0 Å². The van der Waals surface area contributed by atoms with Gasteiger partial charge in [-0.3, -0.25) is 0 Å². The Morgan fingerprint density at radius 2 is 1.80 bits per heavy atom. The van der Waals surface area contributed by atoms with Gasteiger partial charge in [0.1, 0.15) is 6.54 Å². The zero-order valence-electron chi connectivity index (χ0n) is 19.7. The van der Waals surface area contributed by atoms with Crippen molar-refractivity contribution in [3.63, 3.8) is 0 Å². The van der Waals surface area contributed by atoms with Crippen molar-refractivity contribution in [3.8, 4) is 17.6 Å². The predicted molar refractivity (Wildman–Crippen MR) is 130 cm³/mol. The van der Waals surface area contributed by atoms with Gasteiger partial charge in [-0.05, 0) is 69.2 Å². The first-order chi connectivity index (χ1) is 16.7. The molecule has 0 aliphatic carbocycles. The molecule has 1 aliphatic rings. The predicted octanol–water partition coefficient (Wildman–Crippen LogP) is 5.32. The van der Waals surface area contributed by atoms with E-state index in [1.165, 1.54) is 23.8 Å². The third kappa shape index (κ3) is 6.01. The number of likely N-dealkylation sites (tertiary alicyclic amines) is 1. The van der Waals surface area contributed by atoms with E-state index in [0.29, 0.717) is 16.6 Å². The fourth-order valence-electron chi connectivity index (χ4n) is 4.37. The van der Waals surface area contributed by atoms with Gasteiger partial charge in [0.05, 0.1) is 30.6 Å². The van der Waals surface area contributed by atoms with E-state index in [1.54, 1.807) is 24.3 Å². The Balaban J connectivity index is 1.60. The summed E-state index contributed by atoms with van der Waals surface area (Å²) in [7, 11) is 3.44. The first-order valence-corrected chi connectivity index (χ1v) is 11.4. The van der Waals surface area contributed by atoms with E-state index in [9.17, 15) is 17.6 Å². The number of fused-ring (bicyclic) bond motifs is 1. The maximum Gasteiger partial charge on any atom is 0.406 e. The summed E-state index contributed by atoms with van der Waals surface area (Å²) in [5.41, 5.74) is 1.97. The van der Waals surface area contributed by atoms with Crippen LogP contribution in [0.1, 0.15) is 18.5 Å². The van der Waals surface area contributed by atoms with Crippen LogP contribution in [0.5, 0.6) is 5.75 Å². The van der Waals surface area contributed by atoms with Crippen LogP contribution in [0.15, 0.2) is 42.5 Å². The smallest absolute Gasteiger partial charge is 0.406 e. The Labute approximate surface area is 202 Å². The molecule has 0 saturated carbocycles. The molecule has 186 valence electrons. The highest BCUT2D eigenvalue weighted by Crippen LogP contribution is 2.31. The van der Waals surface area contributed by atoms with Gasteiger partial charge in [0.15, 0.2) is 11.6 Å². The van der Waals surface area contributed by atoms with Crippen molar-refractivity contribution in [2.24, 2.45) is 0 Å². The first-order valence-electron chi connectivity index (χ1n) is 11.4. The number of anilines is 2. The lowest BCUT2D eigenvalue weighted by Crippen LogP contribution is -2.36. The van der Waals surface area contributed by atoms with Crippen LogP contribution in [0, 0.1) is 17.7 Å². The van der Waals surface area contributed by atoms with Gasteiger partial charge >= 0.3 is 6.18 Å².